The molecule has 0 aromatic carbocycles. The van der Waals surface area contributed by atoms with E-state index >= 15 is 0 Å². The highest BCUT2D eigenvalue weighted by Gasteiger charge is 1.91. The van der Waals surface area contributed by atoms with Crippen LogP contribution >= 0.6 is 0 Å². The SMILES string of the molecule is O=C1N=CC=N1.[O]. The Balaban J connectivity index is 0.000000360. The summed E-state index contributed by atoms with van der Waals surface area (Å²) in [4.78, 5) is 16.3. The standard InChI is InChI=1S/C3H2N2O.O/c6-3-4-1-2-5-3;/h1-2H;. The number of urea groups is 1. The molecule has 0 saturated heterocycles. The number of aliphatic imine (C=N–C) groups is 2. The highest BCUT2D eigenvalue weighted by Crippen LogP contribution is 1.81. The van der Waals surface area contributed by atoms with Gasteiger partial charge in [-0.05, 0) is 0 Å². The molecule has 0 fully saturated rings. The predicted molar refractivity (Wildman–Crippen MR) is 23.1 cm³/mol. The minimum atomic E-state index is -0.407. The summed E-state index contributed by atoms with van der Waals surface area (Å²) in [6.45, 7) is 0. The lowest BCUT2D eigenvalue weighted by Crippen LogP contribution is -1.70. The Hall–Kier alpha value is -1.03. The fourth-order valence-corrected chi connectivity index (χ4v) is 0.228. The highest BCUT2D eigenvalue weighted by molar-refractivity contribution is 6.25. The highest BCUT2D eigenvalue weighted by atomic mass is 16.2. The van der Waals surface area contributed by atoms with Crippen molar-refractivity contribution in [1.29, 1.82) is 0 Å². The Kier molecular flexibility index (Phi) is 1.87. The first kappa shape index (κ1) is 5.97. The van der Waals surface area contributed by atoms with Crippen molar-refractivity contribution >= 4 is 18.5 Å². The molecular formula is C3H2N2O2. The van der Waals surface area contributed by atoms with Crippen LogP contribution in [0.5, 0.6) is 0 Å². The molecule has 2 amide bonds. The van der Waals surface area contributed by atoms with Crippen LogP contribution in [0.1, 0.15) is 0 Å². The molecule has 2 radical (unpaired) electrons. The van der Waals surface area contributed by atoms with Crippen molar-refractivity contribution in [1.82, 2.24) is 0 Å². The van der Waals surface area contributed by atoms with E-state index in [-0.39, 0.29) is 5.48 Å². The normalized spacial score (nSPS) is 14.6. The van der Waals surface area contributed by atoms with Crippen LogP contribution < -0.4 is 0 Å². The van der Waals surface area contributed by atoms with Gasteiger partial charge in [0.1, 0.15) is 0 Å². The predicted octanol–water partition coefficient (Wildman–Crippen LogP) is 0.143. The molecule has 0 bridgehead atoms. The molecule has 1 heterocycles. The molecule has 1 aliphatic rings. The first-order valence-corrected chi connectivity index (χ1v) is 1.50. The van der Waals surface area contributed by atoms with Crippen molar-refractivity contribution in [3.63, 3.8) is 0 Å². The molecule has 0 spiro atoms. The van der Waals surface area contributed by atoms with Crippen molar-refractivity contribution in [2.75, 3.05) is 0 Å². The number of nitrogens with zero attached hydrogens (tertiary/aromatic N) is 2. The molecule has 0 N–H and O–H groups in total. The summed E-state index contributed by atoms with van der Waals surface area (Å²) in [5.41, 5.74) is 0. The van der Waals surface area contributed by atoms with Gasteiger partial charge in [0.15, 0.2) is 0 Å². The van der Waals surface area contributed by atoms with Crippen LogP contribution in [0.25, 0.3) is 0 Å². The maximum absolute atomic E-state index is 9.85. The van der Waals surface area contributed by atoms with Crippen molar-refractivity contribution in [2.24, 2.45) is 9.98 Å². The van der Waals surface area contributed by atoms with Gasteiger partial charge in [-0.15, -0.1) is 0 Å². The van der Waals surface area contributed by atoms with E-state index in [4.69, 9.17) is 0 Å². The summed E-state index contributed by atoms with van der Waals surface area (Å²) in [7, 11) is 0. The first-order chi connectivity index (χ1) is 2.89. The molecule has 0 unspecified atom stereocenters. The second-order valence-corrected chi connectivity index (χ2v) is 0.839. The van der Waals surface area contributed by atoms with E-state index in [9.17, 15) is 4.79 Å². The van der Waals surface area contributed by atoms with Crippen LogP contribution in [0.3, 0.4) is 0 Å². The second kappa shape index (κ2) is 2.20. The van der Waals surface area contributed by atoms with Crippen molar-refractivity contribution < 1.29 is 10.3 Å². The Morgan fingerprint density at radius 2 is 1.71 bits per heavy atom. The van der Waals surface area contributed by atoms with Crippen LogP contribution in [-0.4, -0.2) is 18.5 Å². The third kappa shape index (κ3) is 1.23. The summed E-state index contributed by atoms with van der Waals surface area (Å²) < 4.78 is 0. The lowest BCUT2D eigenvalue weighted by molar-refractivity contribution is 0.257. The van der Waals surface area contributed by atoms with Gasteiger partial charge in [0, 0.05) is 5.48 Å². The van der Waals surface area contributed by atoms with Crippen LogP contribution in [0.2, 0.25) is 0 Å². The van der Waals surface area contributed by atoms with E-state index in [1.807, 2.05) is 0 Å². The largest absolute Gasteiger partial charge is 0.367 e. The van der Waals surface area contributed by atoms with Crippen molar-refractivity contribution in [3.8, 4) is 0 Å². The number of amides is 2. The minimum absolute atomic E-state index is 0. The fourth-order valence-electron chi connectivity index (χ4n) is 0.228. The van der Waals surface area contributed by atoms with Gasteiger partial charge in [0.25, 0.3) is 0 Å². The Morgan fingerprint density at radius 3 is 1.86 bits per heavy atom. The molecule has 4 heteroatoms. The number of carbonyl (C=O) groups is 1. The molecule has 0 saturated carbocycles. The van der Waals surface area contributed by atoms with Gasteiger partial charge in [-0.3, -0.25) is 0 Å². The molecule has 1 aliphatic heterocycles. The van der Waals surface area contributed by atoms with Gasteiger partial charge in [0.05, 0.1) is 12.4 Å². The zero-order valence-electron chi connectivity index (χ0n) is 3.37. The van der Waals surface area contributed by atoms with E-state index in [0.29, 0.717) is 0 Å². The van der Waals surface area contributed by atoms with E-state index in [0.717, 1.165) is 0 Å². The van der Waals surface area contributed by atoms with Gasteiger partial charge in [-0.25, -0.2) is 4.79 Å². The monoisotopic (exact) mass is 98.0 g/mol. The zero-order valence-corrected chi connectivity index (χ0v) is 3.37. The maximum Gasteiger partial charge on any atom is 0.367 e. The smallest absolute Gasteiger partial charge is 0.244 e. The van der Waals surface area contributed by atoms with Crippen LogP contribution in [0.4, 0.5) is 4.79 Å². The van der Waals surface area contributed by atoms with Crippen LogP contribution in [0.15, 0.2) is 9.98 Å². The molecular weight excluding hydrogens is 96.0 g/mol. The van der Waals surface area contributed by atoms with Gasteiger partial charge < -0.3 is 0 Å². The minimum Gasteiger partial charge on any atom is -0.244 e. The van der Waals surface area contributed by atoms with E-state index in [2.05, 4.69) is 9.98 Å². The molecule has 0 aromatic heterocycles. The summed E-state index contributed by atoms with van der Waals surface area (Å²) >= 11 is 0. The summed E-state index contributed by atoms with van der Waals surface area (Å²) in [5.74, 6) is 0. The van der Waals surface area contributed by atoms with Gasteiger partial charge in [-0.2, -0.15) is 9.98 Å². The summed E-state index contributed by atoms with van der Waals surface area (Å²) in [6.07, 6.45) is 2.73. The lowest BCUT2D eigenvalue weighted by Gasteiger charge is -1.62. The topological polar surface area (TPSA) is 70.3 Å². The molecule has 4 nitrogen and oxygen atoms in total. The van der Waals surface area contributed by atoms with E-state index in [1.54, 1.807) is 0 Å². The number of carbonyl (C=O) groups excluding carboxylic acids is 1. The molecule has 36 valence electrons. The zero-order chi connectivity index (χ0) is 4.41. The van der Waals surface area contributed by atoms with Gasteiger partial charge in [-0.1, -0.05) is 0 Å². The average Bonchev–Trinajstić information content (AvgIpc) is 1.86. The Morgan fingerprint density at radius 1 is 1.29 bits per heavy atom. The Bertz CT molecular complexity index is 113. The molecule has 1 rings (SSSR count). The van der Waals surface area contributed by atoms with Crippen molar-refractivity contribution in [2.45, 2.75) is 0 Å². The first-order valence-electron chi connectivity index (χ1n) is 1.50. The lowest BCUT2D eigenvalue weighted by atomic mass is 10.9. The molecule has 0 aromatic rings. The van der Waals surface area contributed by atoms with Crippen molar-refractivity contribution in [3.05, 3.63) is 0 Å². The number of rotatable bonds is 0. The third-order valence-corrected chi connectivity index (χ3v) is 0.437. The van der Waals surface area contributed by atoms with E-state index < -0.39 is 6.03 Å². The fraction of sp³-hybridized carbons (Fsp3) is 0. The average molecular weight is 98.1 g/mol. The Labute approximate surface area is 39.9 Å². The third-order valence-electron chi connectivity index (χ3n) is 0.437. The molecule has 0 atom stereocenters. The van der Waals surface area contributed by atoms with Gasteiger partial charge in [0.2, 0.25) is 0 Å². The van der Waals surface area contributed by atoms with Gasteiger partial charge >= 0.3 is 6.03 Å². The summed E-state index contributed by atoms with van der Waals surface area (Å²) in [5, 5.41) is 0. The van der Waals surface area contributed by atoms with E-state index in [1.165, 1.54) is 12.4 Å². The summed E-state index contributed by atoms with van der Waals surface area (Å²) in [6, 6.07) is -0.407. The number of hydrogen-bond acceptors (Lipinski definition) is 1. The second-order valence-electron chi connectivity index (χ2n) is 0.839. The molecule has 0 aliphatic carbocycles. The van der Waals surface area contributed by atoms with Crippen LogP contribution in [-0.2, 0) is 5.48 Å². The quantitative estimate of drug-likeness (QED) is 0.424. The van der Waals surface area contributed by atoms with Crippen LogP contribution in [0, 0.1) is 0 Å². The molecule has 7 heavy (non-hydrogen) atoms. The maximum atomic E-state index is 9.85. The number of hydrogen-bond donors (Lipinski definition) is 0.